The summed E-state index contributed by atoms with van der Waals surface area (Å²) in [6.45, 7) is 2.12. The van der Waals surface area contributed by atoms with Gasteiger partial charge in [-0.15, -0.1) is 0 Å². The van der Waals surface area contributed by atoms with Crippen LogP contribution in [0, 0.1) is 0 Å². The molecule has 0 spiro atoms. The van der Waals surface area contributed by atoms with Crippen molar-refractivity contribution < 1.29 is 14.3 Å². The van der Waals surface area contributed by atoms with Gasteiger partial charge in [-0.3, -0.25) is 9.69 Å². The Hall–Kier alpha value is -2.08. The lowest BCUT2D eigenvalue weighted by atomic mass is 10.0. The number of nitrogens with zero attached hydrogens (tertiary/aromatic N) is 2. The highest BCUT2D eigenvalue weighted by molar-refractivity contribution is 6.31. The SMILES string of the molecule is COC(=O)[C@H](c1ccccc1Cl)N1CCN(C(=O)c2ccc(Cl)cc2)CC1. The predicted octanol–water partition coefficient (Wildman–Crippen LogP) is 3.67. The number of halogens is 2. The van der Waals surface area contributed by atoms with Crippen LogP contribution in [0.25, 0.3) is 0 Å². The van der Waals surface area contributed by atoms with E-state index >= 15 is 0 Å². The summed E-state index contributed by atoms with van der Waals surface area (Å²) in [5.41, 5.74) is 1.31. The van der Waals surface area contributed by atoms with Crippen molar-refractivity contribution in [1.29, 1.82) is 0 Å². The molecule has 1 amide bonds. The third-order valence-corrected chi connectivity index (χ3v) is 5.28. The summed E-state index contributed by atoms with van der Waals surface area (Å²) in [5.74, 6) is -0.403. The zero-order valence-corrected chi connectivity index (χ0v) is 16.4. The van der Waals surface area contributed by atoms with E-state index in [2.05, 4.69) is 0 Å². The minimum absolute atomic E-state index is 0.0429. The fourth-order valence-corrected chi connectivity index (χ4v) is 3.60. The van der Waals surface area contributed by atoms with E-state index in [4.69, 9.17) is 27.9 Å². The molecule has 2 aromatic rings. The molecule has 0 radical (unpaired) electrons. The fourth-order valence-electron chi connectivity index (χ4n) is 3.24. The van der Waals surface area contributed by atoms with E-state index in [1.807, 2.05) is 23.1 Å². The molecule has 7 heteroatoms. The molecule has 1 heterocycles. The van der Waals surface area contributed by atoms with Crippen LogP contribution < -0.4 is 0 Å². The Labute approximate surface area is 168 Å². The molecule has 142 valence electrons. The van der Waals surface area contributed by atoms with Crippen molar-refractivity contribution in [2.45, 2.75) is 6.04 Å². The molecule has 1 fully saturated rings. The summed E-state index contributed by atoms with van der Waals surface area (Å²) in [5, 5.41) is 1.12. The molecular formula is C20H20Cl2N2O3. The second-order valence-corrected chi connectivity index (χ2v) is 7.13. The van der Waals surface area contributed by atoms with E-state index in [1.54, 1.807) is 35.2 Å². The molecule has 0 bridgehead atoms. The number of ether oxygens (including phenoxy) is 1. The first-order chi connectivity index (χ1) is 13.0. The zero-order chi connectivity index (χ0) is 19.4. The number of carbonyl (C=O) groups is 2. The lowest BCUT2D eigenvalue weighted by Crippen LogP contribution is -2.51. The maximum atomic E-state index is 12.7. The van der Waals surface area contributed by atoms with Crippen LogP contribution >= 0.6 is 23.2 Å². The minimum atomic E-state index is -0.587. The van der Waals surface area contributed by atoms with E-state index in [1.165, 1.54) is 7.11 Å². The van der Waals surface area contributed by atoms with Gasteiger partial charge in [0.1, 0.15) is 6.04 Å². The molecule has 1 aliphatic heterocycles. The lowest BCUT2D eigenvalue weighted by Gasteiger charge is -2.38. The van der Waals surface area contributed by atoms with Gasteiger partial charge in [-0.2, -0.15) is 0 Å². The smallest absolute Gasteiger partial charge is 0.327 e. The predicted molar refractivity (Wildman–Crippen MR) is 105 cm³/mol. The van der Waals surface area contributed by atoms with Crippen LogP contribution in [0.1, 0.15) is 22.0 Å². The maximum absolute atomic E-state index is 12.7. The Bertz CT molecular complexity index is 818. The first-order valence-corrected chi connectivity index (χ1v) is 9.38. The summed E-state index contributed by atoms with van der Waals surface area (Å²) in [4.78, 5) is 28.8. The van der Waals surface area contributed by atoms with Gasteiger partial charge < -0.3 is 9.64 Å². The molecule has 0 unspecified atom stereocenters. The lowest BCUT2D eigenvalue weighted by molar-refractivity contribution is -0.148. The number of methoxy groups -OCH3 is 1. The van der Waals surface area contributed by atoms with Crippen LogP contribution in [0.4, 0.5) is 0 Å². The Balaban J connectivity index is 1.72. The first kappa shape index (κ1) is 19.7. The quantitative estimate of drug-likeness (QED) is 0.726. The van der Waals surface area contributed by atoms with Gasteiger partial charge in [0.2, 0.25) is 0 Å². The molecule has 0 N–H and O–H groups in total. The average molecular weight is 407 g/mol. The third-order valence-electron chi connectivity index (χ3n) is 4.68. The maximum Gasteiger partial charge on any atom is 0.327 e. The monoisotopic (exact) mass is 406 g/mol. The molecule has 2 aromatic carbocycles. The number of carbonyl (C=O) groups excluding carboxylic acids is 2. The summed E-state index contributed by atoms with van der Waals surface area (Å²) >= 11 is 12.2. The second-order valence-electron chi connectivity index (χ2n) is 6.28. The van der Waals surface area contributed by atoms with Crippen molar-refractivity contribution in [3.63, 3.8) is 0 Å². The van der Waals surface area contributed by atoms with E-state index in [9.17, 15) is 9.59 Å². The van der Waals surface area contributed by atoms with Crippen molar-refractivity contribution >= 4 is 35.1 Å². The number of esters is 1. The molecule has 3 rings (SSSR count). The van der Waals surface area contributed by atoms with E-state index in [0.29, 0.717) is 47.4 Å². The van der Waals surface area contributed by atoms with E-state index in [-0.39, 0.29) is 11.9 Å². The molecular weight excluding hydrogens is 387 g/mol. The topological polar surface area (TPSA) is 49.9 Å². The largest absolute Gasteiger partial charge is 0.468 e. The average Bonchev–Trinajstić information content (AvgIpc) is 2.70. The van der Waals surface area contributed by atoms with Gasteiger partial charge in [-0.25, -0.2) is 4.79 Å². The summed E-state index contributed by atoms with van der Waals surface area (Å²) in [6.07, 6.45) is 0. The number of piperazine rings is 1. The molecule has 1 atom stereocenters. The molecule has 0 aromatic heterocycles. The van der Waals surface area contributed by atoms with Crippen molar-refractivity contribution in [3.05, 3.63) is 69.7 Å². The minimum Gasteiger partial charge on any atom is -0.468 e. The van der Waals surface area contributed by atoms with Gasteiger partial charge in [0.25, 0.3) is 5.91 Å². The van der Waals surface area contributed by atoms with Crippen LogP contribution in [0.15, 0.2) is 48.5 Å². The normalized spacial score (nSPS) is 16.0. The number of hydrogen-bond acceptors (Lipinski definition) is 4. The Morgan fingerprint density at radius 2 is 1.59 bits per heavy atom. The van der Waals surface area contributed by atoms with E-state index < -0.39 is 6.04 Å². The van der Waals surface area contributed by atoms with Gasteiger partial charge >= 0.3 is 5.97 Å². The highest BCUT2D eigenvalue weighted by Gasteiger charge is 2.33. The van der Waals surface area contributed by atoms with Crippen LogP contribution in [0.5, 0.6) is 0 Å². The standard InChI is InChI=1S/C20H20Cl2N2O3/c1-27-20(26)18(16-4-2-3-5-17(16)22)23-10-12-24(13-11-23)19(25)14-6-8-15(21)9-7-14/h2-9,18H,10-13H2,1H3/t18-/m0/s1. The Morgan fingerprint density at radius 3 is 2.19 bits per heavy atom. The van der Waals surface area contributed by atoms with Gasteiger partial charge in [0, 0.05) is 41.8 Å². The fraction of sp³-hybridized carbons (Fsp3) is 0.300. The number of hydrogen-bond donors (Lipinski definition) is 0. The third kappa shape index (κ3) is 4.43. The highest BCUT2D eigenvalue weighted by atomic mass is 35.5. The molecule has 5 nitrogen and oxygen atoms in total. The summed E-state index contributed by atoms with van der Waals surface area (Å²) < 4.78 is 5.00. The summed E-state index contributed by atoms with van der Waals surface area (Å²) in [6, 6.07) is 13.5. The molecule has 1 saturated heterocycles. The number of rotatable bonds is 4. The first-order valence-electron chi connectivity index (χ1n) is 8.62. The second kappa shape index (κ2) is 8.74. The van der Waals surface area contributed by atoms with Gasteiger partial charge in [-0.1, -0.05) is 41.4 Å². The van der Waals surface area contributed by atoms with Crippen molar-refractivity contribution in [2.75, 3.05) is 33.3 Å². The number of amides is 1. The van der Waals surface area contributed by atoms with Crippen LogP contribution in [0.2, 0.25) is 10.0 Å². The summed E-state index contributed by atoms with van der Waals surface area (Å²) in [7, 11) is 1.37. The van der Waals surface area contributed by atoms with Crippen molar-refractivity contribution in [1.82, 2.24) is 9.80 Å². The zero-order valence-electron chi connectivity index (χ0n) is 14.9. The van der Waals surface area contributed by atoms with Gasteiger partial charge in [0.05, 0.1) is 7.11 Å². The molecule has 0 saturated carbocycles. The van der Waals surface area contributed by atoms with Crippen molar-refractivity contribution in [3.8, 4) is 0 Å². The molecule has 27 heavy (non-hydrogen) atoms. The van der Waals surface area contributed by atoms with Gasteiger partial charge in [0.15, 0.2) is 0 Å². The van der Waals surface area contributed by atoms with Crippen LogP contribution in [-0.4, -0.2) is 55.0 Å². The van der Waals surface area contributed by atoms with Crippen LogP contribution in [-0.2, 0) is 9.53 Å². The van der Waals surface area contributed by atoms with Gasteiger partial charge in [-0.05, 0) is 35.9 Å². The van der Waals surface area contributed by atoms with E-state index in [0.717, 1.165) is 0 Å². The molecule has 1 aliphatic rings. The van der Waals surface area contributed by atoms with Crippen LogP contribution in [0.3, 0.4) is 0 Å². The Kier molecular flexibility index (Phi) is 6.37. The number of benzene rings is 2. The Morgan fingerprint density at radius 1 is 0.963 bits per heavy atom. The molecule has 0 aliphatic carbocycles. The highest BCUT2D eigenvalue weighted by Crippen LogP contribution is 2.29. The van der Waals surface area contributed by atoms with Crippen molar-refractivity contribution in [2.24, 2.45) is 0 Å².